The summed E-state index contributed by atoms with van der Waals surface area (Å²) in [6.07, 6.45) is 3.56. The number of fused-ring (bicyclic) bond motifs is 3. The van der Waals surface area contributed by atoms with Gasteiger partial charge in [-0.15, -0.1) is 0 Å². The number of carbonyl (C=O) groups excluding carboxylic acids is 1. The number of rotatable bonds is 4. The van der Waals surface area contributed by atoms with E-state index in [1.807, 2.05) is 19.2 Å². The Hall–Kier alpha value is -3.10. The Kier molecular flexibility index (Phi) is 5.72. The van der Waals surface area contributed by atoms with Gasteiger partial charge in [-0.25, -0.2) is 9.97 Å². The van der Waals surface area contributed by atoms with E-state index < -0.39 is 0 Å². The highest BCUT2D eigenvalue weighted by Crippen LogP contribution is 2.36. The van der Waals surface area contributed by atoms with Gasteiger partial charge in [-0.05, 0) is 56.0 Å². The van der Waals surface area contributed by atoms with Crippen LogP contribution in [0.4, 0.5) is 11.6 Å². The number of anilines is 2. The van der Waals surface area contributed by atoms with Crippen LogP contribution in [-0.2, 0) is 13.0 Å². The quantitative estimate of drug-likeness (QED) is 0.606. The van der Waals surface area contributed by atoms with Crippen molar-refractivity contribution in [3.8, 4) is 17.1 Å². The molecule has 0 bridgehead atoms. The fourth-order valence-electron chi connectivity index (χ4n) is 4.56. The van der Waals surface area contributed by atoms with Crippen LogP contribution in [0.15, 0.2) is 30.5 Å². The van der Waals surface area contributed by atoms with Crippen molar-refractivity contribution >= 4 is 29.1 Å². The number of hydrogen-bond acceptors (Lipinski definition) is 6. The summed E-state index contributed by atoms with van der Waals surface area (Å²) in [5, 5.41) is 13.6. The summed E-state index contributed by atoms with van der Waals surface area (Å²) in [5.41, 5.74) is 5.28. The van der Waals surface area contributed by atoms with Crippen molar-refractivity contribution in [3.05, 3.63) is 52.3 Å². The number of methoxy groups -OCH3 is 1. The van der Waals surface area contributed by atoms with Crippen molar-refractivity contribution in [3.63, 3.8) is 0 Å². The number of aryl methyl sites for hydroxylation is 2. The predicted octanol–water partition coefficient (Wildman–Crippen LogP) is 3.81. The van der Waals surface area contributed by atoms with Crippen LogP contribution in [0.2, 0.25) is 5.15 Å². The van der Waals surface area contributed by atoms with E-state index in [2.05, 4.69) is 14.9 Å². The number of halogens is 1. The molecule has 9 heteroatoms. The Morgan fingerprint density at radius 1 is 1.24 bits per heavy atom. The molecule has 8 nitrogen and oxygen atoms in total. The van der Waals surface area contributed by atoms with Crippen molar-refractivity contribution in [2.75, 3.05) is 25.5 Å². The molecule has 0 radical (unpaired) electrons. The Bertz CT molecular complexity index is 1220. The summed E-state index contributed by atoms with van der Waals surface area (Å²) in [7, 11) is 1.57. The smallest absolute Gasteiger partial charge is 0.253 e. The first-order chi connectivity index (χ1) is 15.9. The molecule has 0 unspecified atom stereocenters. The number of nitrogens with zero attached hydrogens (tertiary/aromatic N) is 4. The summed E-state index contributed by atoms with van der Waals surface area (Å²) in [6.45, 7) is 3.95. The van der Waals surface area contributed by atoms with Gasteiger partial charge in [0, 0.05) is 37.0 Å². The minimum atomic E-state index is -0.325. The Morgan fingerprint density at radius 2 is 2.03 bits per heavy atom. The van der Waals surface area contributed by atoms with Crippen LogP contribution in [-0.4, -0.2) is 56.8 Å². The molecule has 2 aliphatic heterocycles. The third-order valence-electron chi connectivity index (χ3n) is 6.38. The van der Waals surface area contributed by atoms with Crippen LogP contribution >= 0.6 is 11.6 Å². The first-order valence-electron chi connectivity index (χ1n) is 11.1. The van der Waals surface area contributed by atoms with Gasteiger partial charge >= 0.3 is 0 Å². The molecule has 0 spiro atoms. The zero-order valence-electron chi connectivity index (χ0n) is 18.6. The number of piperidine rings is 1. The second-order valence-electron chi connectivity index (χ2n) is 8.53. The Labute approximate surface area is 197 Å². The number of aliphatic hydroxyl groups is 1. The van der Waals surface area contributed by atoms with Crippen LogP contribution in [0.3, 0.4) is 0 Å². The van der Waals surface area contributed by atoms with E-state index in [0.29, 0.717) is 54.0 Å². The highest BCUT2D eigenvalue weighted by Gasteiger charge is 2.25. The van der Waals surface area contributed by atoms with E-state index in [1.54, 1.807) is 30.2 Å². The molecule has 0 atom stereocenters. The number of hydrogen-bond donors (Lipinski definition) is 2. The van der Waals surface area contributed by atoms with Crippen LogP contribution in [0, 0.1) is 6.92 Å². The number of nitrogens with one attached hydrogen (secondary N) is 1. The van der Waals surface area contributed by atoms with E-state index in [-0.39, 0.29) is 12.0 Å². The molecular weight excluding hydrogens is 442 g/mol. The fraction of sp³-hybridized carbons (Fsp3) is 0.375. The zero-order chi connectivity index (χ0) is 23.1. The van der Waals surface area contributed by atoms with E-state index >= 15 is 0 Å². The summed E-state index contributed by atoms with van der Waals surface area (Å²) in [5.74, 6) is 0.910. The molecule has 0 aliphatic carbocycles. The average Bonchev–Trinajstić information content (AvgIpc) is 3.13. The van der Waals surface area contributed by atoms with Gasteiger partial charge in [-0.1, -0.05) is 11.6 Å². The molecule has 4 heterocycles. The van der Waals surface area contributed by atoms with E-state index in [0.717, 1.165) is 35.5 Å². The molecule has 2 aliphatic rings. The third kappa shape index (κ3) is 4.05. The first-order valence-corrected chi connectivity index (χ1v) is 11.5. The molecule has 33 heavy (non-hydrogen) atoms. The minimum absolute atomic E-state index is 0.0649. The summed E-state index contributed by atoms with van der Waals surface area (Å²) < 4.78 is 7.63. The van der Waals surface area contributed by atoms with Gasteiger partial charge in [0.1, 0.15) is 10.9 Å². The fourth-order valence-corrected chi connectivity index (χ4v) is 4.90. The second kappa shape index (κ2) is 8.68. The van der Waals surface area contributed by atoms with Crippen molar-refractivity contribution in [1.82, 2.24) is 19.4 Å². The lowest BCUT2D eigenvalue weighted by Gasteiger charge is -2.29. The van der Waals surface area contributed by atoms with Crippen LogP contribution in [0.5, 0.6) is 5.75 Å². The standard InChI is InChI=1S/C24H26ClN5O3/c1-14-11-20(25)30-10-5-16-13-26-24(28-21(16)22(14)30)27-18-4-3-15(12-19(18)33-2)23(32)29-8-6-17(31)7-9-29/h3-4,11-13,17,31H,5-10H2,1-2H3,(H,26,27,28). The summed E-state index contributed by atoms with van der Waals surface area (Å²) in [6, 6.07) is 7.26. The summed E-state index contributed by atoms with van der Waals surface area (Å²) in [4.78, 5) is 23.9. The minimum Gasteiger partial charge on any atom is -0.495 e. The molecule has 5 rings (SSSR count). The molecule has 1 saturated heterocycles. The molecule has 1 amide bonds. The van der Waals surface area contributed by atoms with Crippen molar-refractivity contribution < 1.29 is 14.6 Å². The van der Waals surface area contributed by atoms with Crippen LogP contribution in [0.25, 0.3) is 11.4 Å². The van der Waals surface area contributed by atoms with Gasteiger partial charge in [0.05, 0.1) is 30.3 Å². The van der Waals surface area contributed by atoms with Crippen LogP contribution in [0.1, 0.15) is 34.3 Å². The highest BCUT2D eigenvalue weighted by atomic mass is 35.5. The van der Waals surface area contributed by atoms with Crippen LogP contribution < -0.4 is 10.1 Å². The van der Waals surface area contributed by atoms with Gasteiger partial charge in [-0.2, -0.15) is 0 Å². The molecule has 1 fully saturated rings. The number of ether oxygens (including phenoxy) is 1. The molecule has 2 aromatic heterocycles. The number of likely N-dealkylation sites (tertiary alicyclic amines) is 1. The van der Waals surface area contributed by atoms with Gasteiger partial charge in [0.25, 0.3) is 5.91 Å². The maximum absolute atomic E-state index is 12.9. The van der Waals surface area contributed by atoms with Crippen molar-refractivity contribution in [2.45, 2.75) is 38.8 Å². The highest BCUT2D eigenvalue weighted by molar-refractivity contribution is 6.30. The lowest BCUT2D eigenvalue weighted by Crippen LogP contribution is -2.40. The number of benzene rings is 1. The summed E-state index contributed by atoms with van der Waals surface area (Å²) >= 11 is 6.39. The molecule has 2 N–H and O–H groups in total. The van der Waals surface area contributed by atoms with E-state index in [9.17, 15) is 9.90 Å². The zero-order valence-corrected chi connectivity index (χ0v) is 19.4. The normalized spacial score (nSPS) is 15.7. The number of carbonyl (C=O) groups is 1. The number of aromatic nitrogens is 3. The third-order valence-corrected chi connectivity index (χ3v) is 6.69. The Balaban J connectivity index is 1.40. The van der Waals surface area contributed by atoms with Gasteiger partial charge in [0.15, 0.2) is 0 Å². The lowest BCUT2D eigenvalue weighted by molar-refractivity contribution is 0.0546. The van der Waals surface area contributed by atoms with E-state index in [1.165, 1.54) is 0 Å². The number of amides is 1. The molecule has 172 valence electrons. The Morgan fingerprint density at radius 3 is 2.79 bits per heavy atom. The first kappa shape index (κ1) is 21.7. The number of aliphatic hydroxyl groups excluding tert-OH is 1. The monoisotopic (exact) mass is 467 g/mol. The van der Waals surface area contributed by atoms with Crippen molar-refractivity contribution in [2.24, 2.45) is 0 Å². The average molecular weight is 468 g/mol. The molecular formula is C24H26ClN5O3. The SMILES string of the molecule is COc1cc(C(=O)N2CCC(O)CC2)ccc1Nc1ncc2c(n1)-c1c(C)cc(Cl)n1CC2. The second-order valence-corrected chi connectivity index (χ2v) is 8.92. The molecule has 1 aromatic carbocycles. The lowest BCUT2D eigenvalue weighted by atomic mass is 10.0. The van der Waals surface area contributed by atoms with E-state index in [4.69, 9.17) is 21.3 Å². The maximum Gasteiger partial charge on any atom is 0.253 e. The topological polar surface area (TPSA) is 92.5 Å². The van der Waals surface area contributed by atoms with Gasteiger partial charge < -0.3 is 24.6 Å². The molecule has 0 saturated carbocycles. The maximum atomic E-state index is 12.9. The largest absolute Gasteiger partial charge is 0.495 e. The van der Waals surface area contributed by atoms with Crippen molar-refractivity contribution in [1.29, 1.82) is 0 Å². The van der Waals surface area contributed by atoms with Gasteiger partial charge in [0.2, 0.25) is 5.95 Å². The molecule has 3 aromatic rings. The predicted molar refractivity (Wildman–Crippen MR) is 126 cm³/mol. The van der Waals surface area contributed by atoms with Gasteiger partial charge in [-0.3, -0.25) is 4.79 Å².